The lowest BCUT2D eigenvalue weighted by atomic mass is 10.2. The molecule has 0 bridgehead atoms. The number of hydrogen-bond acceptors (Lipinski definition) is 5. The average Bonchev–Trinajstić information content (AvgIpc) is 3.32. The predicted octanol–water partition coefficient (Wildman–Crippen LogP) is 4.18. The number of hydrogen-bond donors (Lipinski definition) is 1. The molecule has 0 saturated carbocycles. The number of carbonyl (C=O) groups excluding carboxylic acids is 2. The van der Waals surface area contributed by atoms with Gasteiger partial charge in [0.25, 0.3) is 5.91 Å². The third-order valence-corrected chi connectivity index (χ3v) is 4.67. The van der Waals surface area contributed by atoms with Crippen molar-refractivity contribution in [1.82, 2.24) is 5.32 Å². The number of amides is 1. The minimum absolute atomic E-state index is 0.0246. The van der Waals surface area contributed by atoms with E-state index in [0.717, 1.165) is 4.88 Å². The molecule has 1 unspecified atom stereocenters. The maximum Gasteiger partial charge on any atom is 0.374 e. The van der Waals surface area contributed by atoms with Crippen LogP contribution in [0.1, 0.15) is 28.4 Å². The summed E-state index contributed by atoms with van der Waals surface area (Å²) in [4.78, 5) is 24.9. The van der Waals surface area contributed by atoms with Gasteiger partial charge >= 0.3 is 5.97 Å². The molecule has 1 aromatic carbocycles. The maximum absolute atomic E-state index is 13.0. The Morgan fingerprint density at radius 1 is 1.19 bits per heavy atom. The minimum Gasteiger partial charge on any atom is -0.450 e. The SMILES string of the molecule is CC(NC(=O)COC(=O)c1ccc(-c2ccc(F)cc2)o1)c1cccs1. The van der Waals surface area contributed by atoms with Crippen LogP contribution in [0.2, 0.25) is 0 Å². The van der Waals surface area contributed by atoms with Gasteiger partial charge in [-0.05, 0) is 54.8 Å². The molecule has 0 spiro atoms. The largest absolute Gasteiger partial charge is 0.450 e. The van der Waals surface area contributed by atoms with Crippen LogP contribution in [0.4, 0.5) is 4.39 Å². The summed E-state index contributed by atoms with van der Waals surface area (Å²) in [5.41, 5.74) is 0.632. The van der Waals surface area contributed by atoms with Crippen LogP contribution < -0.4 is 5.32 Å². The summed E-state index contributed by atoms with van der Waals surface area (Å²) in [7, 11) is 0. The molecule has 3 aromatic rings. The molecule has 2 heterocycles. The van der Waals surface area contributed by atoms with Gasteiger partial charge < -0.3 is 14.5 Å². The highest BCUT2D eigenvalue weighted by Gasteiger charge is 2.17. The summed E-state index contributed by atoms with van der Waals surface area (Å²) in [6.07, 6.45) is 0. The van der Waals surface area contributed by atoms with Crippen molar-refractivity contribution in [1.29, 1.82) is 0 Å². The van der Waals surface area contributed by atoms with Gasteiger partial charge in [0.05, 0.1) is 6.04 Å². The highest BCUT2D eigenvalue weighted by atomic mass is 32.1. The van der Waals surface area contributed by atoms with E-state index in [2.05, 4.69) is 5.32 Å². The zero-order chi connectivity index (χ0) is 18.5. The highest BCUT2D eigenvalue weighted by Crippen LogP contribution is 2.23. The Hall–Kier alpha value is -2.93. The van der Waals surface area contributed by atoms with Crippen molar-refractivity contribution in [2.75, 3.05) is 6.61 Å². The van der Waals surface area contributed by atoms with Gasteiger partial charge in [-0.25, -0.2) is 9.18 Å². The summed E-state index contributed by atoms with van der Waals surface area (Å²) in [5.74, 6) is -1.11. The molecule has 3 rings (SSSR count). The average molecular weight is 373 g/mol. The number of furan rings is 1. The Bertz CT molecular complexity index is 887. The Kier molecular flexibility index (Phi) is 5.48. The first kappa shape index (κ1) is 17.9. The van der Waals surface area contributed by atoms with Crippen LogP contribution in [0.3, 0.4) is 0 Å². The first-order valence-corrected chi connectivity index (χ1v) is 8.76. The highest BCUT2D eigenvalue weighted by molar-refractivity contribution is 7.10. The normalized spacial score (nSPS) is 11.8. The fraction of sp³-hybridized carbons (Fsp3) is 0.158. The lowest BCUT2D eigenvalue weighted by molar-refractivity contribution is -0.124. The second-order valence-corrected chi connectivity index (χ2v) is 6.53. The van der Waals surface area contributed by atoms with Crippen molar-refractivity contribution in [2.24, 2.45) is 0 Å². The van der Waals surface area contributed by atoms with Crippen LogP contribution in [0.5, 0.6) is 0 Å². The Balaban J connectivity index is 1.53. The van der Waals surface area contributed by atoms with E-state index in [1.165, 1.54) is 29.5 Å². The van der Waals surface area contributed by atoms with Crippen LogP contribution in [0.25, 0.3) is 11.3 Å². The van der Waals surface area contributed by atoms with Crippen molar-refractivity contribution in [3.8, 4) is 11.3 Å². The molecule has 0 aliphatic heterocycles. The number of carbonyl (C=O) groups is 2. The van der Waals surface area contributed by atoms with Gasteiger partial charge in [-0.3, -0.25) is 4.79 Å². The number of nitrogens with one attached hydrogen (secondary N) is 1. The number of benzene rings is 1. The molecule has 134 valence electrons. The third kappa shape index (κ3) is 4.37. The number of halogens is 1. The van der Waals surface area contributed by atoms with Crippen LogP contribution in [0, 0.1) is 5.82 Å². The number of rotatable bonds is 6. The molecule has 0 aliphatic carbocycles. The lowest BCUT2D eigenvalue weighted by Crippen LogP contribution is -2.30. The number of ether oxygens (including phenoxy) is 1. The molecule has 2 aromatic heterocycles. The zero-order valence-corrected chi connectivity index (χ0v) is 14.7. The van der Waals surface area contributed by atoms with E-state index in [1.54, 1.807) is 18.2 Å². The quantitative estimate of drug-likeness (QED) is 0.658. The van der Waals surface area contributed by atoms with E-state index in [4.69, 9.17) is 9.15 Å². The van der Waals surface area contributed by atoms with Gasteiger partial charge in [-0.2, -0.15) is 0 Å². The summed E-state index contributed by atoms with van der Waals surface area (Å²) in [6, 6.07) is 12.4. The molecule has 1 atom stereocenters. The van der Waals surface area contributed by atoms with Crippen LogP contribution >= 0.6 is 11.3 Å². The molecule has 1 N–H and O–H groups in total. The van der Waals surface area contributed by atoms with Gasteiger partial charge in [0, 0.05) is 10.4 Å². The molecule has 5 nitrogen and oxygen atoms in total. The molecule has 0 aliphatic rings. The maximum atomic E-state index is 13.0. The van der Waals surface area contributed by atoms with Crippen LogP contribution in [-0.2, 0) is 9.53 Å². The van der Waals surface area contributed by atoms with Gasteiger partial charge in [0.15, 0.2) is 6.61 Å². The van der Waals surface area contributed by atoms with E-state index in [-0.39, 0.29) is 17.6 Å². The fourth-order valence-corrected chi connectivity index (χ4v) is 3.05. The Morgan fingerprint density at radius 2 is 1.96 bits per heavy atom. The van der Waals surface area contributed by atoms with Gasteiger partial charge in [-0.15, -0.1) is 11.3 Å². The summed E-state index contributed by atoms with van der Waals surface area (Å²) in [6.45, 7) is 1.45. The second-order valence-electron chi connectivity index (χ2n) is 5.55. The molecule has 26 heavy (non-hydrogen) atoms. The Labute approximate surface area is 153 Å². The van der Waals surface area contributed by atoms with Gasteiger partial charge in [0.2, 0.25) is 5.76 Å². The first-order chi connectivity index (χ1) is 12.5. The van der Waals surface area contributed by atoms with Gasteiger partial charge in [-0.1, -0.05) is 6.07 Å². The van der Waals surface area contributed by atoms with E-state index in [0.29, 0.717) is 11.3 Å². The molecule has 1 amide bonds. The van der Waals surface area contributed by atoms with Crippen LogP contribution in [0.15, 0.2) is 58.3 Å². The fourth-order valence-electron chi connectivity index (χ4n) is 2.31. The van der Waals surface area contributed by atoms with Crippen molar-refractivity contribution in [3.05, 3.63) is 70.4 Å². The van der Waals surface area contributed by atoms with E-state index in [1.807, 2.05) is 24.4 Å². The standard InChI is InChI=1S/C19H16FNO4S/c1-12(17-3-2-10-26-17)21-18(22)11-24-19(23)16-9-8-15(25-16)13-4-6-14(20)7-5-13/h2-10,12H,11H2,1H3,(H,21,22). The molecule has 7 heteroatoms. The molecular formula is C19H16FNO4S. The van der Waals surface area contributed by atoms with E-state index in [9.17, 15) is 14.0 Å². The molecular weight excluding hydrogens is 357 g/mol. The molecule has 0 fully saturated rings. The van der Waals surface area contributed by atoms with Gasteiger partial charge in [0.1, 0.15) is 11.6 Å². The van der Waals surface area contributed by atoms with Crippen LogP contribution in [-0.4, -0.2) is 18.5 Å². The van der Waals surface area contributed by atoms with E-state index < -0.39 is 18.5 Å². The smallest absolute Gasteiger partial charge is 0.374 e. The predicted molar refractivity (Wildman–Crippen MR) is 95.3 cm³/mol. The zero-order valence-electron chi connectivity index (χ0n) is 13.9. The topological polar surface area (TPSA) is 68.5 Å². The Morgan fingerprint density at radius 3 is 2.65 bits per heavy atom. The summed E-state index contributed by atoms with van der Waals surface area (Å²) >= 11 is 1.53. The number of esters is 1. The third-order valence-electron chi connectivity index (χ3n) is 3.62. The number of thiophene rings is 1. The molecule has 0 radical (unpaired) electrons. The lowest BCUT2D eigenvalue weighted by Gasteiger charge is -2.11. The summed E-state index contributed by atoms with van der Waals surface area (Å²) in [5, 5.41) is 4.68. The summed E-state index contributed by atoms with van der Waals surface area (Å²) < 4.78 is 23.3. The second kappa shape index (κ2) is 7.97. The monoisotopic (exact) mass is 373 g/mol. The van der Waals surface area contributed by atoms with Crippen molar-refractivity contribution in [3.63, 3.8) is 0 Å². The van der Waals surface area contributed by atoms with E-state index >= 15 is 0 Å². The molecule has 0 saturated heterocycles. The van der Waals surface area contributed by atoms with Crippen molar-refractivity contribution in [2.45, 2.75) is 13.0 Å². The first-order valence-electron chi connectivity index (χ1n) is 7.88. The minimum atomic E-state index is -0.739. The van der Waals surface area contributed by atoms with Crippen molar-refractivity contribution < 1.29 is 23.1 Å². The van der Waals surface area contributed by atoms with Crippen molar-refractivity contribution >= 4 is 23.2 Å².